The van der Waals surface area contributed by atoms with Crippen LogP contribution in [0.4, 0.5) is 0 Å². The zero-order chi connectivity index (χ0) is 23.6. The van der Waals surface area contributed by atoms with Crippen molar-refractivity contribution in [1.82, 2.24) is 0 Å². The van der Waals surface area contributed by atoms with Gasteiger partial charge in [-0.1, -0.05) is 94.5 Å². The third-order valence-corrected chi connectivity index (χ3v) is 6.05. The van der Waals surface area contributed by atoms with E-state index in [1.54, 1.807) is 0 Å². The monoisotopic (exact) mass is 443 g/mol. The Labute approximate surface area is 202 Å². The van der Waals surface area contributed by atoms with Gasteiger partial charge in [0.15, 0.2) is 0 Å². The lowest BCUT2D eigenvalue weighted by Crippen LogP contribution is -2.16. The minimum Gasteiger partial charge on any atom is -0.490 e. The maximum atomic E-state index is 8.98. The molecule has 0 spiro atoms. The molecule has 0 aliphatic carbocycles. The molecule has 2 aromatic rings. The van der Waals surface area contributed by atoms with Crippen LogP contribution in [0.25, 0.3) is 11.1 Å². The topological polar surface area (TPSA) is 33.0 Å². The fraction of sp³-hybridized carbons (Fsp3) is 0.452. The van der Waals surface area contributed by atoms with Crippen molar-refractivity contribution in [1.29, 1.82) is 5.26 Å². The summed E-state index contributed by atoms with van der Waals surface area (Å²) in [7, 11) is 0. The lowest BCUT2D eigenvalue weighted by Gasteiger charge is -2.20. The normalized spacial score (nSPS) is 11.9. The first-order valence-corrected chi connectivity index (χ1v) is 12.8. The molecule has 176 valence electrons. The fourth-order valence-corrected chi connectivity index (χ4v) is 4.07. The molecule has 0 heterocycles. The van der Waals surface area contributed by atoms with Gasteiger partial charge < -0.3 is 4.74 Å². The average molecular weight is 444 g/mol. The minimum absolute atomic E-state index is 0.304. The highest BCUT2D eigenvalue weighted by Gasteiger charge is 2.11. The minimum atomic E-state index is 0.304. The third-order valence-electron chi connectivity index (χ3n) is 6.05. The van der Waals surface area contributed by atoms with Gasteiger partial charge in [0.05, 0.1) is 17.7 Å². The quantitative estimate of drug-likeness (QED) is 0.180. The molecule has 0 radical (unpaired) electrons. The molecule has 2 aromatic carbocycles. The van der Waals surface area contributed by atoms with Crippen molar-refractivity contribution in [3.05, 3.63) is 78.9 Å². The summed E-state index contributed by atoms with van der Waals surface area (Å²) in [5, 5.41) is 8.98. The Hall–Kier alpha value is -2.79. The maximum Gasteiger partial charge on any atom is 0.119 e. The number of nitriles is 1. The van der Waals surface area contributed by atoms with E-state index in [9.17, 15) is 0 Å². The fourth-order valence-electron chi connectivity index (χ4n) is 4.07. The highest BCUT2D eigenvalue weighted by Crippen LogP contribution is 2.25. The first-order chi connectivity index (χ1) is 16.3. The highest BCUT2D eigenvalue weighted by atomic mass is 16.5. The Balaban J connectivity index is 1.82. The van der Waals surface area contributed by atoms with Gasteiger partial charge in [0.1, 0.15) is 5.75 Å². The molecule has 0 amide bonds. The Bertz CT molecular complexity index is 842. The Morgan fingerprint density at radius 1 is 0.818 bits per heavy atom. The van der Waals surface area contributed by atoms with Gasteiger partial charge in [0, 0.05) is 0 Å². The van der Waals surface area contributed by atoms with Gasteiger partial charge in [-0.05, 0) is 73.9 Å². The van der Waals surface area contributed by atoms with Crippen molar-refractivity contribution in [2.24, 2.45) is 0 Å². The van der Waals surface area contributed by atoms with E-state index in [1.807, 2.05) is 36.4 Å². The van der Waals surface area contributed by atoms with Crippen LogP contribution in [0.3, 0.4) is 0 Å². The first kappa shape index (κ1) is 26.5. The van der Waals surface area contributed by atoms with E-state index in [1.165, 1.54) is 57.8 Å². The van der Waals surface area contributed by atoms with Crippen molar-refractivity contribution < 1.29 is 4.74 Å². The summed E-state index contributed by atoms with van der Waals surface area (Å²) in [5.41, 5.74) is 2.96. The number of hydrogen-bond acceptors (Lipinski definition) is 2. The van der Waals surface area contributed by atoms with Crippen LogP contribution in [0, 0.1) is 11.3 Å². The molecule has 2 heteroatoms. The Morgan fingerprint density at radius 2 is 1.39 bits per heavy atom. The second-order valence-corrected chi connectivity index (χ2v) is 8.81. The molecule has 1 unspecified atom stereocenters. The molecule has 2 rings (SSSR count). The van der Waals surface area contributed by atoms with Crippen LogP contribution < -0.4 is 4.74 Å². The van der Waals surface area contributed by atoms with E-state index in [4.69, 9.17) is 10.00 Å². The second kappa shape index (κ2) is 16.8. The van der Waals surface area contributed by atoms with Crippen molar-refractivity contribution in [2.45, 2.75) is 90.1 Å². The summed E-state index contributed by atoms with van der Waals surface area (Å²) < 4.78 is 6.43. The van der Waals surface area contributed by atoms with Crippen molar-refractivity contribution in [3.8, 4) is 22.9 Å². The van der Waals surface area contributed by atoms with Crippen LogP contribution in [0.15, 0.2) is 73.3 Å². The zero-order valence-corrected chi connectivity index (χ0v) is 20.5. The van der Waals surface area contributed by atoms with Crippen LogP contribution in [0.2, 0.25) is 0 Å². The lowest BCUT2D eigenvalue weighted by atomic mass is 10.0. The molecule has 0 bridgehead atoms. The van der Waals surface area contributed by atoms with Crippen LogP contribution in [0.1, 0.15) is 89.5 Å². The van der Waals surface area contributed by atoms with Gasteiger partial charge in [-0.25, -0.2) is 0 Å². The number of nitrogens with zero attached hydrogens (tertiary/aromatic N) is 1. The maximum absolute atomic E-state index is 8.98. The highest BCUT2D eigenvalue weighted by molar-refractivity contribution is 5.64. The van der Waals surface area contributed by atoms with E-state index in [2.05, 4.69) is 49.9 Å². The van der Waals surface area contributed by atoms with Crippen molar-refractivity contribution in [2.75, 3.05) is 0 Å². The molecular weight excluding hydrogens is 402 g/mol. The number of benzene rings is 2. The number of ether oxygens (including phenoxy) is 1. The molecule has 0 saturated carbocycles. The standard InChI is InChI=1S/C31H41NO/c1-3-5-7-9-10-11-12-13-15-17-30(16-14-8-6-4-2)33-31-24-22-29(23-25-31)28-20-18-27(26-32)19-21-28/h3,5,7,18-25,30H,1,4,6,8-17H2,2H3/b7-5-. The Kier molecular flexibility index (Phi) is 13.5. The molecule has 0 aliphatic heterocycles. The van der Waals surface area contributed by atoms with E-state index < -0.39 is 0 Å². The smallest absolute Gasteiger partial charge is 0.119 e. The van der Waals surface area contributed by atoms with Gasteiger partial charge in [-0.2, -0.15) is 5.26 Å². The van der Waals surface area contributed by atoms with E-state index in [0.717, 1.165) is 36.1 Å². The molecular formula is C31H41NO. The SMILES string of the molecule is C=C/C=C\CCCCCCCC(CCCCCC)Oc1ccc(-c2ccc(C#N)cc2)cc1. The predicted octanol–water partition coefficient (Wildman–Crippen LogP) is 9.42. The summed E-state index contributed by atoms with van der Waals surface area (Å²) in [6.45, 7) is 5.97. The first-order valence-electron chi connectivity index (χ1n) is 12.8. The Morgan fingerprint density at radius 3 is 2.00 bits per heavy atom. The predicted molar refractivity (Wildman–Crippen MR) is 141 cm³/mol. The molecule has 2 nitrogen and oxygen atoms in total. The summed E-state index contributed by atoms with van der Waals surface area (Å²) in [4.78, 5) is 0. The largest absolute Gasteiger partial charge is 0.490 e. The van der Waals surface area contributed by atoms with Crippen LogP contribution in [0.5, 0.6) is 5.75 Å². The van der Waals surface area contributed by atoms with Gasteiger partial charge in [-0.15, -0.1) is 0 Å². The van der Waals surface area contributed by atoms with Crippen LogP contribution >= 0.6 is 0 Å². The molecule has 0 aromatic heterocycles. The number of rotatable bonds is 17. The number of allylic oxidation sites excluding steroid dienone is 3. The van der Waals surface area contributed by atoms with E-state index >= 15 is 0 Å². The number of hydrogen-bond donors (Lipinski definition) is 0. The van der Waals surface area contributed by atoms with Crippen molar-refractivity contribution >= 4 is 0 Å². The second-order valence-electron chi connectivity index (χ2n) is 8.81. The molecule has 0 N–H and O–H groups in total. The lowest BCUT2D eigenvalue weighted by molar-refractivity contribution is 0.172. The van der Waals surface area contributed by atoms with Gasteiger partial charge in [0.25, 0.3) is 0 Å². The van der Waals surface area contributed by atoms with Crippen LogP contribution in [-0.4, -0.2) is 6.10 Å². The van der Waals surface area contributed by atoms with Crippen molar-refractivity contribution in [3.63, 3.8) is 0 Å². The molecule has 0 fully saturated rings. The molecule has 0 saturated heterocycles. The summed E-state index contributed by atoms with van der Waals surface area (Å²) in [5.74, 6) is 0.960. The number of unbranched alkanes of at least 4 members (excludes halogenated alkanes) is 8. The van der Waals surface area contributed by atoms with Crippen LogP contribution in [-0.2, 0) is 0 Å². The third kappa shape index (κ3) is 11.1. The van der Waals surface area contributed by atoms with E-state index in [0.29, 0.717) is 11.7 Å². The zero-order valence-electron chi connectivity index (χ0n) is 20.5. The molecule has 33 heavy (non-hydrogen) atoms. The van der Waals surface area contributed by atoms with Gasteiger partial charge >= 0.3 is 0 Å². The van der Waals surface area contributed by atoms with Gasteiger partial charge in [-0.3, -0.25) is 0 Å². The summed E-state index contributed by atoms with van der Waals surface area (Å²) >= 11 is 0. The molecule has 0 aliphatic rings. The summed E-state index contributed by atoms with van der Waals surface area (Å²) in [6.07, 6.45) is 21.4. The van der Waals surface area contributed by atoms with E-state index in [-0.39, 0.29) is 0 Å². The average Bonchev–Trinajstić information content (AvgIpc) is 2.86. The molecule has 1 atom stereocenters. The summed E-state index contributed by atoms with van der Waals surface area (Å²) in [6, 6.07) is 18.3. The van der Waals surface area contributed by atoms with Gasteiger partial charge in [0.2, 0.25) is 0 Å².